The largest absolute Gasteiger partial charge is 0.326 e. The zero-order valence-corrected chi connectivity index (χ0v) is 12.3. The van der Waals surface area contributed by atoms with Gasteiger partial charge in [0.1, 0.15) is 5.82 Å². The molecule has 4 heteroatoms. The summed E-state index contributed by atoms with van der Waals surface area (Å²) in [6.07, 6.45) is 9.09. The number of imidazole rings is 1. The Morgan fingerprint density at radius 1 is 1.40 bits per heavy atom. The van der Waals surface area contributed by atoms with Crippen LogP contribution in [0.15, 0.2) is 24.5 Å². The van der Waals surface area contributed by atoms with Gasteiger partial charge in [-0.15, -0.1) is 0 Å². The highest BCUT2D eigenvalue weighted by atomic mass is 15.2. The minimum absolute atomic E-state index is 0.569. The molecular weight excluding hydrogens is 248 g/mol. The van der Waals surface area contributed by atoms with E-state index < -0.39 is 0 Å². The zero-order valence-electron chi connectivity index (χ0n) is 12.3. The Morgan fingerprint density at radius 2 is 2.30 bits per heavy atom. The summed E-state index contributed by atoms with van der Waals surface area (Å²) in [5.41, 5.74) is 8.13. The van der Waals surface area contributed by atoms with Gasteiger partial charge in [0.15, 0.2) is 0 Å². The van der Waals surface area contributed by atoms with Crippen LogP contribution in [0.2, 0.25) is 0 Å². The molecule has 1 atom stereocenters. The molecule has 3 heterocycles. The number of hydrogen-bond acceptors (Lipinski definition) is 3. The number of fused-ring (bicyclic) bond motifs is 1. The molecule has 1 saturated heterocycles. The Labute approximate surface area is 120 Å². The van der Waals surface area contributed by atoms with Gasteiger partial charge in [-0.25, -0.2) is 4.98 Å². The lowest BCUT2D eigenvalue weighted by molar-refractivity contribution is 0.153. The molecule has 0 aromatic carbocycles. The Hall–Kier alpha value is -1.39. The average Bonchev–Trinajstić information content (AvgIpc) is 2.91. The van der Waals surface area contributed by atoms with E-state index in [9.17, 15) is 0 Å². The molecule has 0 radical (unpaired) electrons. The van der Waals surface area contributed by atoms with E-state index in [1.54, 1.807) is 0 Å². The summed E-state index contributed by atoms with van der Waals surface area (Å²) in [5.74, 6) is 1.17. The lowest BCUT2D eigenvalue weighted by Crippen LogP contribution is -2.40. The Bertz CT molecular complexity index is 575. The molecular formula is C16H24N4. The number of nitrogens with two attached hydrogens (primary N) is 1. The van der Waals surface area contributed by atoms with Crippen LogP contribution in [0.5, 0.6) is 0 Å². The molecule has 0 amide bonds. The molecule has 3 rings (SSSR count). The molecule has 1 aliphatic rings. The van der Waals surface area contributed by atoms with Crippen LogP contribution in [0.25, 0.3) is 5.52 Å². The van der Waals surface area contributed by atoms with Crippen molar-refractivity contribution in [3.63, 3.8) is 0 Å². The topological polar surface area (TPSA) is 46.6 Å². The maximum absolute atomic E-state index is 5.80. The van der Waals surface area contributed by atoms with Gasteiger partial charge in [-0.05, 0) is 37.6 Å². The first kappa shape index (κ1) is 13.6. The molecule has 2 aromatic heterocycles. The molecule has 0 spiro atoms. The van der Waals surface area contributed by atoms with Crippen molar-refractivity contribution in [1.29, 1.82) is 0 Å². The van der Waals surface area contributed by atoms with Gasteiger partial charge in [0.05, 0.1) is 11.7 Å². The van der Waals surface area contributed by atoms with Crippen LogP contribution in [-0.4, -0.2) is 33.4 Å². The summed E-state index contributed by atoms with van der Waals surface area (Å²) >= 11 is 0. The molecule has 1 unspecified atom stereocenters. The molecule has 1 fully saturated rings. The molecule has 2 aromatic rings. The first-order valence-electron chi connectivity index (χ1n) is 7.71. The first-order valence-corrected chi connectivity index (χ1v) is 7.71. The fourth-order valence-corrected chi connectivity index (χ4v) is 3.38. The number of pyridine rings is 1. The van der Waals surface area contributed by atoms with E-state index in [1.165, 1.54) is 37.2 Å². The van der Waals surface area contributed by atoms with Crippen molar-refractivity contribution in [3.05, 3.63) is 35.9 Å². The maximum Gasteiger partial charge on any atom is 0.114 e. The van der Waals surface area contributed by atoms with Crippen molar-refractivity contribution >= 4 is 5.52 Å². The van der Waals surface area contributed by atoms with E-state index in [2.05, 4.69) is 39.5 Å². The van der Waals surface area contributed by atoms with Crippen LogP contribution in [-0.2, 0) is 13.0 Å². The molecule has 108 valence electrons. The third kappa shape index (κ3) is 2.45. The fraction of sp³-hybridized carbons (Fsp3) is 0.562. The summed E-state index contributed by atoms with van der Waals surface area (Å²) in [7, 11) is 0. The Kier molecular flexibility index (Phi) is 4.03. The Balaban J connectivity index is 1.87. The van der Waals surface area contributed by atoms with Crippen LogP contribution in [0.4, 0.5) is 0 Å². The second kappa shape index (κ2) is 5.94. The van der Waals surface area contributed by atoms with E-state index in [1.807, 2.05) is 6.20 Å². The van der Waals surface area contributed by atoms with Crippen molar-refractivity contribution in [3.8, 4) is 0 Å². The van der Waals surface area contributed by atoms with Crippen LogP contribution >= 0.6 is 0 Å². The minimum atomic E-state index is 0.569. The average molecular weight is 272 g/mol. The number of likely N-dealkylation sites (tertiary alicyclic amines) is 1. The minimum Gasteiger partial charge on any atom is -0.326 e. The Morgan fingerprint density at radius 3 is 3.10 bits per heavy atom. The smallest absolute Gasteiger partial charge is 0.114 e. The highest BCUT2D eigenvalue weighted by Gasteiger charge is 2.22. The highest BCUT2D eigenvalue weighted by molar-refractivity contribution is 5.54. The summed E-state index contributed by atoms with van der Waals surface area (Å²) in [6.45, 7) is 5.20. The fourth-order valence-electron chi connectivity index (χ4n) is 3.38. The third-order valence-electron chi connectivity index (χ3n) is 4.53. The summed E-state index contributed by atoms with van der Waals surface area (Å²) in [4.78, 5) is 7.24. The summed E-state index contributed by atoms with van der Waals surface area (Å²) < 4.78 is 2.21. The van der Waals surface area contributed by atoms with E-state index in [0.29, 0.717) is 12.6 Å². The normalized spacial score (nSPS) is 20.6. The summed E-state index contributed by atoms with van der Waals surface area (Å²) in [5, 5.41) is 0. The van der Waals surface area contributed by atoms with Crippen molar-refractivity contribution in [2.24, 2.45) is 5.73 Å². The number of nitrogens with zero attached hydrogens (tertiary/aromatic N) is 3. The molecule has 20 heavy (non-hydrogen) atoms. The van der Waals surface area contributed by atoms with Gasteiger partial charge in [-0.3, -0.25) is 0 Å². The molecule has 1 aliphatic heterocycles. The summed E-state index contributed by atoms with van der Waals surface area (Å²) in [6, 6.07) is 4.79. The number of aromatic nitrogens is 2. The lowest BCUT2D eigenvalue weighted by atomic mass is 9.99. The molecule has 4 nitrogen and oxygen atoms in total. The van der Waals surface area contributed by atoms with Crippen LogP contribution in [0, 0.1) is 0 Å². The van der Waals surface area contributed by atoms with E-state index in [-0.39, 0.29) is 0 Å². The van der Waals surface area contributed by atoms with Crippen LogP contribution in [0.1, 0.15) is 37.6 Å². The number of likely N-dealkylation sites (N-methyl/N-ethyl adjacent to an activating group) is 1. The van der Waals surface area contributed by atoms with Crippen molar-refractivity contribution in [1.82, 2.24) is 14.3 Å². The van der Waals surface area contributed by atoms with Crippen molar-refractivity contribution in [2.45, 2.75) is 45.2 Å². The molecule has 0 saturated carbocycles. The van der Waals surface area contributed by atoms with Gasteiger partial charge >= 0.3 is 0 Å². The second-order valence-corrected chi connectivity index (χ2v) is 5.65. The van der Waals surface area contributed by atoms with Crippen molar-refractivity contribution in [2.75, 3.05) is 13.1 Å². The van der Waals surface area contributed by atoms with E-state index in [4.69, 9.17) is 5.73 Å². The molecule has 2 N–H and O–H groups in total. The quantitative estimate of drug-likeness (QED) is 0.928. The second-order valence-electron chi connectivity index (χ2n) is 5.65. The van der Waals surface area contributed by atoms with Gasteiger partial charge in [-0.1, -0.05) is 19.4 Å². The monoisotopic (exact) mass is 272 g/mol. The number of hydrogen-bond donors (Lipinski definition) is 1. The van der Waals surface area contributed by atoms with Crippen molar-refractivity contribution < 1.29 is 0 Å². The number of rotatable bonds is 4. The first-order chi connectivity index (χ1) is 9.83. The van der Waals surface area contributed by atoms with Gasteiger partial charge in [0, 0.05) is 25.2 Å². The van der Waals surface area contributed by atoms with Gasteiger partial charge in [-0.2, -0.15) is 0 Å². The highest BCUT2D eigenvalue weighted by Crippen LogP contribution is 2.21. The zero-order chi connectivity index (χ0) is 13.9. The van der Waals surface area contributed by atoms with Gasteiger partial charge < -0.3 is 15.0 Å². The third-order valence-corrected chi connectivity index (χ3v) is 4.53. The van der Waals surface area contributed by atoms with Gasteiger partial charge in [0.2, 0.25) is 0 Å². The molecule has 0 bridgehead atoms. The maximum atomic E-state index is 5.80. The number of piperidine rings is 1. The van der Waals surface area contributed by atoms with E-state index >= 15 is 0 Å². The standard InChI is InChI=1S/C16H24N4/c1-2-19-8-4-3-7-14(19)10-16-18-12-15-13(11-17)6-5-9-20(15)16/h5-6,9,12,14H,2-4,7-8,10-11,17H2,1H3. The lowest BCUT2D eigenvalue weighted by Gasteiger charge is -2.34. The van der Waals surface area contributed by atoms with Gasteiger partial charge in [0.25, 0.3) is 0 Å². The predicted molar refractivity (Wildman–Crippen MR) is 81.7 cm³/mol. The van der Waals surface area contributed by atoms with Crippen LogP contribution in [0.3, 0.4) is 0 Å². The van der Waals surface area contributed by atoms with E-state index in [0.717, 1.165) is 18.5 Å². The molecule has 0 aliphatic carbocycles. The predicted octanol–water partition coefficient (Wildman–Crippen LogP) is 2.21. The van der Waals surface area contributed by atoms with Crippen LogP contribution < -0.4 is 5.73 Å². The SMILES string of the molecule is CCN1CCCCC1Cc1ncc2c(CN)cccn12.